The van der Waals surface area contributed by atoms with Crippen LogP contribution in [0.2, 0.25) is 0 Å². The minimum atomic E-state index is -0.0400. The highest BCUT2D eigenvalue weighted by molar-refractivity contribution is 5.77. The Labute approximate surface area is 111 Å². The Morgan fingerprint density at radius 1 is 1.32 bits per heavy atom. The zero-order valence-electron chi connectivity index (χ0n) is 10.7. The van der Waals surface area contributed by atoms with Crippen molar-refractivity contribution in [3.05, 3.63) is 18.7 Å². The molecule has 102 valence electrons. The number of carbonyl (C=O) groups is 2. The van der Waals surface area contributed by atoms with E-state index in [-0.39, 0.29) is 18.1 Å². The van der Waals surface area contributed by atoms with Crippen LogP contribution in [0.1, 0.15) is 12.8 Å². The second kappa shape index (κ2) is 4.91. The summed E-state index contributed by atoms with van der Waals surface area (Å²) in [5.74, 6) is 0. The predicted molar refractivity (Wildman–Crippen MR) is 67.7 cm³/mol. The van der Waals surface area contributed by atoms with Gasteiger partial charge in [0.1, 0.15) is 6.33 Å². The number of likely N-dealkylation sites (tertiary alicyclic amines) is 1. The fourth-order valence-electron chi connectivity index (χ4n) is 2.74. The molecule has 19 heavy (non-hydrogen) atoms. The number of nitrogens with one attached hydrogen (secondary N) is 1. The summed E-state index contributed by atoms with van der Waals surface area (Å²) in [4.78, 5) is 31.3. The minimum Gasteiger partial charge on any atom is -0.336 e. The van der Waals surface area contributed by atoms with E-state index >= 15 is 0 Å². The molecule has 2 aliphatic heterocycles. The van der Waals surface area contributed by atoms with Gasteiger partial charge in [0.2, 0.25) is 0 Å². The molecule has 0 bridgehead atoms. The number of piperidine rings is 1. The third kappa shape index (κ3) is 2.27. The highest BCUT2D eigenvalue weighted by Gasteiger charge is 2.32. The summed E-state index contributed by atoms with van der Waals surface area (Å²) >= 11 is 0. The number of nitrogens with zero attached hydrogens (tertiary/aromatic N) is 4. The summed E-state index contributed by atoms with van der Waals surface area (Å²) in [5.41, 5.74) is 0. The molecule has 0 radical (unpaired) electrons. The SMILES string of the molecule is O=C1NCCN1C1CCN(C(=O)n2ccnc2)CC1. The van der Waals surface area contributed by atoms with E-state index in [4.69, 9.17) is 0 Å². The van der Waals surface area contributed by atoms with E-state index in [1.165, 1.54) is 10.9 Å². The molecule has 1 N–H and O–H groups in total. The highest BCUT2D eigenvalue weighted by Crippen LogP contribution is 2.18. The minimum absolute atomic E-state index is 0.0272. The highest BCUT2D eigenvalue weighted by atomic mass is 16.2. The zero-order chi connectivity index (χ0) is 13.2. The van der Waals surface area contributed by atoms with Crippen LogP contribution in [-0.4, -0.2) is 63.6 Å². The van der Waals surface area contributed by atoms with Crippen molar-refractivity contribution in [3.8, 4) is 0 Å². The zero-order valence-corrected chi connectivity index (χ0v) is 10.7. The molecule has 3 heterocycles. The average Bonchev–Trinajstić information content (AvgIpc) is 3.09. The lowest BCUT2D eigenvalue weighted by Crippen LogP contribution is -2.48. The van der Waals surface area contributed by atoms with Gasteiger partial charge in [-0.2, -0.15) is 0 Å². The lowest BCUT2D eigenvalue weighted by molar-refractivity contribution is 0.141. The van der Waals surface area contributed by atoms with E-state index in [9.17, 15) is 9.59 Å². The maximum atomic E-state index is 12.1. The molecular weight excluding hydrogens is 246 g/mol. The van der Waals surface area contributed by atoms with E-state index in [2.05, 4.69) is 10.3 Å². The van der Waals surface area contributed by atoms with Crippen LogP contribution in [0.4, 0.5) is 9.59 Å². The van der Waals surface area contributed by atoms with Gasteiger partial charge in [0.05, 0.1) is 0 Å². The van der Waals surface area contributed by atoms with Gasteiger partial charge < -0.3 is 15.1 Å². The Balaban J connectivity index is 1.57. The number of amides is 3. The molecule has 1 aromatic rings. The number of rotatable bonds is 1. The summed E-state index contributed by atoms with van der Waals surface area (Å²) in [7, 11) is 0. The largest absolute Gasteiger partial charge is 0.336 e. The van der Waals surface area contributed by atoms with Crippen LogP contribution in [0, 0.1) is 0 Å². The smallest absolute Gasteiger partial charge is 0.329 e. The van der Waals surface area contributed by atoms with Crippen molar-refractivity contribution in [2.45, 2.75) is 18.9 Å². The molecule has 0 aliphatic carbocycles. The summed E-state index contributed by atoms with van der Waals surface area (Å²) in [5, 5.41) is 2.82. The third-order valence-electron chi connectivity index (χ3n) is 3.79. The van der Waals surface area contributed by atoms with Crippen LogP contribution in [0.5, 0.6) is 0 Å². The van der Waals surface area contributed by atoms with E-state index in [0.717, 1.165) is 25.9 Å². The quantitative estimate of drug-likeness (QED) is 0.794. The number of aromatic nitrogens is 2. The van der Waals surface area contributed by atoms with Crippen LogP contribution in [0.3, 0.4) is 0 Å². The Hall–Kier alpha value is -2.05. The van der Waals surface area contributed by atoms with Crippen LogP contribution in [-0.2, 0) is 0 Å². The molecule has 0 aromatic carbocycles. The second-order valence-corrected chi connectivity index (χ2v) is 4.90. The first-order valence-electron chi connectivity index (χ1n) is 6.57. The topological polar surface area (TPSA) is 70.5 Å². The molecule has 0 unspecified atom stereocenters. The molecule has 2 saturated heterocycles. The van der Waals surface area contributed by atoms with Gasteiger partial charge >= 0.3 is 12.1 Å². The fraction of sp³-hybridized carbons (Fsp3) is 0.583. The first kappa shape index (κ1) is 12.0. The van der Waals surface area contributed by atoms with E-state index in [1.54, 1.807) is 12.4 Å². The van der Waals surface area contributed by atoms with Gasteiger partial charge in [0.15, 0.2) is 0 Å². The van der Waals surface area contributed by atoms with E-state index < -0.39 is 0 Å². The third-order valence-corrected chi connectivity index (χ3v) is 3.79. The number of imidazole rings is 1. The molecule has 7 heteroatoms. The molecule has 3 rings (SSSR count). The van der Waals surface area contributed by atoms with Gasteiger partial charge in [-0.1, -0.05) is 0 Å². The number of hydrogen-bond donors (Lipinski definition) is 1. The van der Waals surface area contributed by atoms with Gasteiger partial charge in [0, 0.05) is 44.6 Å². The molecule has 1 aromatic heterocycles. The van der Waals surface area contributed by atoms with Gasteiger partial charge in [-0.15, -0.1) is 0 Å². The Kier molecular flexibility index (Phi) is 3.10. The van der Waals surface area contributed by atoms with Crippen molar-refractivity contribution in [2.75, 3.05) is 26.2 Å². The van der Waals surface area contributed by atoms with Gasteiger partial charge in [-0.25, -0.2) is 14.6 Å². The van der Waals surface area contributed by atoms with Crippen molar-refractivity contribution < 1.29 is 9.59 Å². The second-order valence-electron chi connectivity index (χ2n) is 4.90. The molecule has 0 saturated carbocycles. The molecule has 2 fully saturated rings. The van der Waals surface area contributed by atoms with Crippen LogP contribution in [0.25, 0.3) is 0 Å². The fourth-order valence-corrected chi connectivity index (χ4v) is 2.74. The van der Waals surface area contributed by atoms with Crippen molar-refractivity contribution >= 4 is 12.1 Å². The maximum Gasteiger partial charge on any atom is 0.329 e. The van der Waals surface area contributed by atoms with Gasteiger partial charge in [-0.3, -0.25) is 4.57 Å². The van der Waals surface area contributed by atoms with Crippen molar-refractivity contribution in [1.29, 1.82) is 0 Å². The van der Waals surface area contributed by atoms with E-state index in [1.807, 2.05) is 9.80 Å². The lowest BCUT2D eigenvalue weighted by atomic mass is 10.0. The lowest BCUT2D eigenvalue weighted by Gasteiger charge is -2.35. The Bertz CT molecular complexity index is 464. The molecular formula is C12H17N5O2. The van der Waals surface area contributed by atoms with Gasteiger partial charge in [0.25, 0.3) is 0 Å². The van der Waals surface area contributed by atoms with Gasteiger partial charge in [-0.05, 0) is 12.8 Å². The summed E-state index contributed by atoms with van der Waals surface area (Å²) in [6.07, 6.45) is 6.45. The monoisotopic (exact) mass is 263 g/mol. The van der Waals surface area contributed by atoms with E-state index in [0.29, 0.717) is 13.1 Å². The average molecular weight is 263 g/mol. The van der Waals surface area contributed by atoms with Crippen molar-refractivity contribution in [1.82, 2.24) is 24.7 Å². The first-order valence-corrected chi connectivity index (χ1v) is 6.57. The Morgan fingerprint density at radius 2 is 2.11 bits per heavy atom. The number of urea groups is 1. The van der Waals surface area contributed by atoms with Crippen LogP contribution in [0.15, 0.2) is 18.7 Å². The molecule has 7 nitrogen and oxygen atoms in total. The standard InChI is InChI=1S/C12H17N5O2/c18-11-14-4-8-17(11)10-1-5-15(6-2-10)12(19)16-7-3-13-9-16/h3,7,9-10H,1-2,4-6,8H2,(H,14,18). The molecule has 3 amide bonds. The van der Waals surface area contributed by atoms with Crippen LogP contribution < -0.4 is 5.32 Å². The van der Waals surface area contributed by atoms with Crippen molar-refractivity contribution in [2.24, 2.45) is 0 Å². The normalized spacial score (nSPS) is 20.7. The first-order chi connectivity index (χ1) is 9.25. The predicted octanol–water partition coefficient (Wildman–Crippen LogP) is 0.341. The Morgan fingerprint density at radius 3 is 2.68 bits per heavy atom. The molecule has 0 atom stereocenters. The molecule has 0 spiro atoms. The molecule has 2 aliphatic rings. The summed E-state index contributed by atoms with van der Waals surface area (Å²) in [6.45, 7) is 2.88. The van der Waals surface area contributed by atoms with Crippen molar-refractivity contribution in [3.63, 3.8) is 0 Å². The van der Waals surface area contributed by atoms with Crippen LogP contribution >= 0.6 is 0 Å². The summed E-state index contributed by atoms with van der Waals surface area (Å²) < 4.78 is 1.49. The summed E-state index contributed by atoms with van der Waals surface area (Å²) in [6, 6.07) is 0.246. The maximum absolute atomic E-state index is 12.1. The number of hydrogen-bond acceptors (Lipinski definition) is 3. The number of carbonyl (C=O) groups excluding carboxylic acids is 2.